The molecule has 0 aliphatic heterocycles. The minimum atomic E-state index is 0.235. The Morgan fingerprint density at radius 2 is 1.95 bits per heavy atom. The molecule has 1 heterocycles. The minimum absolute atomic E-state index is 0.235. The fourth-order valence-electron chi connectivity index (χ4n) is 2.15. The summed E-state index contributed by atoms with van der Waals surface area (Å²) in [6.07, 6.45) is 3.07. The SMILES string of the molecule is CCCNC(C)c1ccnc(N(C)C(C)C(C)(C)C)c1. The highest BCUT2D eigenvalue weighted by Crippen LogP contribution is 2.27. The largest absolute Gasteiger partial charge is 0.356 e. The number of anilines is 1. The Bertz CT molecular complexity index is 409. The second-order valence-corrected chi connectivity index (χ2v) is 6.78. The van der Waals surface area contributed by atoms with Crippen molar-refractivity contribution in [2.24, 2.45) is 5.41 Å². The molecule has 1 aromatic rings. The van der Waals surface area contributed by atoms with Crippen molar-refractivity contribution in [1.29, 1.82) is 0 Å². The topological polar surface area (TPSA) is 28.2 Å². The average molecular weight is 277 g/mol. The van der Waals surface area contributed by atoms with Crippen molar-refractivity contribution in [3.8, 4) is 0 Å². The zero-order valence-electron chi connectivity index (χ0n) is 14.2. The van der Waals surface area contributed by atoms with E-state index in [4.69, 9.17) is 0 Å². The van der Waals surface area contributed by atoms with Crippen molar-refractivity contribution >= 4 is 5.82 Å². The van der Waals surface area contributed by atoms with E-state index >= 15 is 0 Å². The summed E-state index contributed by atoms with van der Waals surface area (Å²) in [5, 5.41) is 3.53. The van der Waals surface area contributed by atoms with E-state index in [0.29, 0.717) is 12.1 Å². The van der Waals surface area contributed by atoms with Gasteiger partial charge in [0.2, 0.25) is 0 Å². The molecule has 0 saturated heterocycles. The predicted octanol–water partition coefficient (Wildman–Crippen LogP) is 4.01. The third kappa shape index (κ3) is 4.48. The van der Waals surface area contributed by atoms with Gasteiger partial charge in [0.25, 0.3) is 0 Å². The number of aromatic nitrogens is 1. The lowest BCUT2D eigenvalue weighted by Crippen LogP contribution is -2.39. The van der Waals surface area contributed by atoms with Crippen molar-refractivity contribution in [2.45, 2.75) is 60.0 Å². The maximum Gasteiger partial charge on any atom is 0.128 e. The summed E-state index contributed by atoms with van der Waals surface area (Å²) in [5.74, 6) is 1.05. The Morgan fingerprint density at radius 1 is 1.30 bits per heavy atom. The molecule has 0 radical (unpaired) electrons. The molecule has 0 amide bonds. The van der Waals surface area contributed by atoms with Crippen molar-refractivity contribution < 1.29 is 0 Å². The van der Waals surface area contributed by atoms with Crippen LogP contribution in [0.2, 0.25) is 0 Å². The Kier molecular flexibility index (Phi) is 6.00. The number of nitrogens with one attached hydrogen (secondary N) is 1. The smallest absolute Gasteiger partial charge is 0.128 e. The van der Waals surface area contributed by atoms with Crippen LogP contribution in [0, 0.1) is 5.41 Å². The molecule has 2 atom stereocenters. The van der Waals surface area contributed by atoms with Gasteiger partial charge in [-0.25, -0.2) is 4.98 Å². The fourth-order valence-corrected chi connectivity index (χ4v) is 2.15. The highest BCUT2D eigenvalue weighted by atomic mass is 15.2. The lowest BCUT2D eigenvalue weighted by molar-refractivity contribution is 0.328. The summed E-state index contributed by atoms with van der Waals surface area (Å²) in [7, 11) is 2.13. The minimum Gasteiger partial charge on any atom is -0.356 e. The van der Waals surface area contributed by atoms with Crippen LogP contribution in [0.4, 0.5) is 5.82 Å². The van der Waals surface area contributed by atoms with E-state index in [1.54, 1.807) is 0 Å². The van der Waals surface area contributed by atoms with Crippen LogP contribution < -0.4 is 10.2 Å². The first-order chi connectivity index (χ1) is 9.27. The van der Waals surface area contributed by atoms with Crippen LogP contribution in [0.1, 0.15) is 59.6 Å². The first kappa shape index (κ1) is 17.0. The third-order valence-electron chi connectivity index (χ3n) is 4.17. The van der Waals surface area contributed by atoms with E-state index in [-0.39, 0.29) is 5.41 Å². The van der Waals surface area contributed by atoms with E-state index in [2.05, 4.69) is 75.9 Å². The molecule has 3 nitrogen and oxygen atoms in total. The normalized spacial score (nSPS) is 14.9. The number of hydrogen-bond acceptors (Lipinski definition) is 3. The summed E-state index contributed by atoms with van der Waals surface area (Å²) in [4.78, 5) is 6.81. The molecule has 20 heavy (non-hydrogen) atoms. The van der Waals surface area contributed by atoms with Crippen LogP contribution in [0.25, 0.3) is 0 Å². The molecule has 0 spiro atoms. The zero-order valence-corrected chi connectivity index (χ0v) is 14.2. The van der Waals surface area contributed by atoms with Gasteiger partial charge < -0.3 is 10.2 Å². The highest BCUT2D eigenvalue weighted by Gasteiger charge is 2.25. The van der Waals surface area contributed by atoms with Crippen LogP contribution in [-0.2, 0) is 0 Å². The van der Waals surface area contributed by atoms with Crippen molar-refractivity contribution in [3.05, 3.63) is 23.9 Å². The molecule has 0 saturated carbocycles. The van der Waals surface area contributed by atoms with E-state index in [1.807, 2.05) is 6.20 Å². The lowest BCUT2D eigenvalue weighted by Gasteiger charge is -2.36. The van der Waals surface area contributed by atoms with Crippen LogP contribution >= 0.6 is 0 Å². The maximum absolute atomic E-state index is 4.53. The molecule has 3 heteroatoms. The summed E-state index contributed by atoms with van der Waals surface area (Å²) < 4.78 is 0. The van der Waals surface area contributed by atoms with Gasteiger partial charge in [-0.3, -0.25) is 0 Å². The van der Waals surface area contributed by atoms with E-state index in [9.17, 15) is 0 Å². The first-order valence-corrected chi connectivity index (χ1v) is 7.69. The molecule has 0 aliphatic rings. The van der Waals surface area contributed by atoms with Gasteiger partial charge in [-0.2, -0.15) is 0 Å². The summed E-state index contributed by atoms with van der Waals surface area (Å²) in [6, 6.07) is 5.11. The molecule has 0 aromatic carbocycles. The molecule has 1 N–H and O–H groups in total. The summed E-state index contributed by atoms with van der Waals surface area (Å²) in [5.41, 5.74) is 1.54. The standard InChI is InChI=1S/C17H31N3/c1-8-10-18-13(2)15-9-11-19-16(12-15)20(7)14(3)17(4,5)6/h9,11-14,18H,8,10H2,1-7H3. The average Bonchev–Trinajstić information content (AvgIpc) is 2.42. The van der Waals surface area contributed by atoms with E-state index in [1.165, 1.54) is 5.56 Å². The Hall–Kier alpha value is -1.09. The molecule has 1 rings (SSSR count). The molecular formula is C17H31N3. The quantitative estimate of drug-likeness (QED) is 0.851. The number of nitrogens with zero attached hydrogens (tertiary/aromatic N) is 2. The predicted molar refractivity (Wildman–Crippen MR) is 88.3 cm³/mol. The van der Waals surface area contributed by atoms with Crippen LogP contribution in [0.5, 0.6) is 0 Å². The maximum atomic E-state index is 4.53. The Labute approximate surface area is 124 Å². The van der Waals surface area contributed by atoms with Gasteiger partial charge in [-0.15, -0.1) is 0 Å². The van der Waals surface area contributed by atoms with Crippen molar-refractivity contribution in [1.82, 2.24) is 10.3 Å². The number of rotatable bonds is 6. The van der Waals surface area contributed by atoms with Gasteiger partial charge in [0.05, 0.1) is 0 Å². The molecule has 0 bridgehead atoms. The Morgan fingerprint density at radius 3 is 2.50 bits per heavy atom. The van der Waals surface area contributed by atoms with E-state index < -0.39 is 0 Å². The van der Waals surface area contributed by atoms with Gasteiger partial charge in [-0.1, -0.05) is 27.7 Å². The van der Waals surface area contributed by atoms with Gasteiger partial charge >= 0.3 is 0 Å². The third-order valence-corrected chi connectivity index (χ3v) is 4.17. The second kappa shape index (κ2) is 7.07. The monoisotopic (exact) mass is 277 g/mol. The molecule has 0 aliphatic carbocycles. The summed E-state index contributed by atoms with van der Waals surface area (Å²) >= 11 is 0. The second-order valence-electron chi connectivity index (χ2n) is 6.78. The molecule has 1 aromatic heterocycles. The highest BCUT2D eigenvalue weighted by molar-refractivity contribution is 5.42. The van der Waals surface area contributed by atoms with Crippen LogP contribution in [-0.4, -0.2) is 24.6 Å². The van der Waals surface area contributed by atoms with Crippen LogP contribution in [0.15, 0.2) is 18.3 Å². The van der Waals surface area contributed by atoms with Gasteiger partial charge in [0.15, 0.2) is 0 Å². The fraction of sp³-hybridized carbons (Fsp3) is 0.706. The van der Waals surface area contributed by atoms with Gasteiger partial charge in [0.1, 0.15) is 5.82 Å². The van der Waals surface area contributed by atoms with Gasteiger partial charge in [-0.05, 0) is 49.9 Å². The number of pyridine rings is 1. The Balaban J connectivity index is 2.87. The molecule has 0 fully saturated rings. The number of hydrogen-bond donors (Lipinski definition) is 1. The van der Waals surface area contributed by atoms with Crippen LogP contribution in [0.3, 0.4) is 0 Å². The van der Waals surface area contributed by atoms with Crippen molar-refractivity contribution in [2.75, 3.05) is 18.5 Å². The van der Waals surface area contributed by atoms with Crippen molar-refractivity contribution in [3.63, 3.8) is 0 Å². The molecule has 114 valence electrons. The first-order valence-electron chi connectivity index (χ1n) is 7.69. The van der Waals surface area contributed by atoms with E-state index in [0.717, 1.165) is 18.8 Å². The van der Waals surface area contributed by atoms with Gasteiger partial charge in [0, 0.05) is 25.3 Å². The molecule has 2 unspecified atom stereocenters. The zero-order chi connectivity index (χ0) is 15.3. The lowest BCUT2D eigenvalue weighted by atomic mass is 9.87. The molecular weight excluding hydrogens is 246 g/mol. The summed E-state index contributed by atoms with van der Waals surface area (Å²) in [6.45, 7) is 14.5.